The van der Waals surface area contributed by atoms with Gasteiger partial charge in [0.15, 0.2) is 0 Å². The fraction of sp³-hybridized carbons (Fsp3) is 0.846. The molecule has 2 unspecified atom stereocenters. The van der Waals surface area contributed by atoms with Gasteiger partial charge >= 0.3 is 5.97 Å². The smallest absolute Gasteiger partial charge is 0.320 e. The molecule has 1 amide bonds. The molecule has 2 heterocycles. The Bertz CT molecular complexity index is 338. The molecule has 0 saturated carbocycles. The first-order chi connectivity index (χ1) is 8.59. The third kappa shape index (κ3) is 3.83. The highest BCUT2D eigenvalue weighted by Gasteiger charge is 2.31. The van der Waals surface area contributed by atoms with Crippen LogP contribution >= 0.6 is 12.4 Å². The standard InChI is InChI=1S/C13H22N2O3.ClH/c1-10-4-2-8-15(10)12(16)6-9-14-7-3-5-11(14)13(17)18;/h10-11H,2-9H2,1H3,(H,17,18);1H. The number of carbonyl (C=O) groups is 2. The summed E-state index contributed by atoms with van der Waals surface area (Å²) in [5.74, 6) is -0.578. The molecule has 19 heavy (non-hydrogen) atoms. The lowest BCUT2D eigenvalue weighted by atomic mass is 10.2. The van der Waals surface area contributed by atoms with E-state index in [0.29, 0.717) is 25.4 Å². The predicted molar refractivity (Wildman–Crippen MR) is 74.5 cm³/mol. The molecule has 0 aromatic rings. The first kappa shape index (κ1) is 16.2. The maximum Gasteiger partial charge on any atom is 0.320 e. The Morgan fingerprint density at radius 2 is 1.89 bits per heavy atom. The minimum atomic E-state index is -0.755. The molecule has 2 atom stereocenters. The lowest BCUT2D eigenvalue weighted by Crippen LogP contribution is -2.40. The fourth-order valence-electron chi connectivity index (χ4n) is 3.06. The number of amides is 1. The lowest BCUT2D eigenvalue weighted by Gasteiger charge is -2.24. The summed E-state index contributed by atoms with van der Waals surface area (Å²) in [5.41, 5.74) is 0. The van der Waals surface area contributed by atoms with Crippen molar-refractivity contribution in [1.82, 2.24) is 9.80 Å². The van der Waals surface area contributed by atoms with E-state index in [9.17, 15) is 9.59 Å². The molecule has 0 bridgehead atoms. The van der Waals surface area contributed by atoms with Crippen LogP contribution in [0.15, 0.2) is 0 Å². The Morgan fingerprint density at radius 3 is 2.47 bits per heavy atom. The molecule has 2 rings (SSSR count). The Kier molecular flexibility index (Phi) is 6.07. The van der Waals surface area contributed by atoms with E-state index in [4.69, 9.17) is 5.11 Å². The van der Waals surface area contributed by atoms with Gasteiger partial charge in [-0.25, -0.2) is 0 Å². The Hall–Kier alpha value is -0.810. The van der Waals surface area contributed by atoms with Gasteiger partial charge in [0.25, 0.3) is 0 Å². The second-order valence-corrected chi connectivity index (χ2v) is 5.36. The number of carboxylic acids is 1. The second kappa shape index (κ2) is 7.10. The van der Waals surface area contributed by atoms with E-state index in [1.54, 1.807) is 0 Å². The van der Waals surface area contributed by atoms with Crippen molar-refractivity contribution < 1.29 is 14.7 Å². The maximum atomic E-state index is 12.0. The monoisotopic (exact) mass is 290 g/mol. The number of aliphatic carboxylic acids is 1. The molecular formula is C13H23ClN2O3. The third-order valence-corrected chi connectivity index (χ3v) is 4.13. The van der Waals surface area contributed by atoms with Crippen LogP contribution in [-0.4, -0.2) is 58.5 Å². The Balaban J connectivity index is 0.00000180. The Labute approximate surface area is 120 Å². The molecule has 2 fully saturated rings. The number of rotatable bonds is 4. The van der Waals surface area contributed by atoms with Gasteiger partial charge in [-0.1, -0.05) is 0 Å². The molecule has 0 aliphatic carbocycles. The van der Waals surface area contributed by atoms with E-state index in [1.807, 2.05) is 9.80 Å². The maximum absolute atomic E-state index is 12.0. The second-order valence-electron chi connectivity index (χ2n) is 5.36. The number of nitrogens with zero attached hydrogens (tertiary/aromatic N) is 2. The van der Waals surface area contributed by atoms with Crippen molar-refractivity contribution in [2.24, 2.45) is 0 Å². The summed E-state index contributed by atoms with van der Waals surface area (Å²) in [7, 11) is 0. The number of hydrogen-bond acceptors (Lipinski definition) is 3. The third-order valence-electron chi connectivity index (χ3n) is 4.13. The summed E-state index contributed by atoms with van der Waals surface area (Å²) >= 11 is 0. The molecule has 2 aliphatic heterocycles. The molecule has 1 N–H and O–H groups in total. The van der Waals surface area contributed by atoms with E-state index in [2.05, 4.69) is 6.92 Å². The zero-order chi connectivity index (χ0) is 13.1. The van der Waals surface area contributed by atoms with Crippen molar-refractivity contribution in [3.8, 4) is 0 Å². The summed E-state index contributed by atoms with van der Waals surface area (Å²) in [5, 5.41) is 9.07. The number of likely N-dealkylation sites (tertiary alicyclic amines) is 2. The van der Waals surface area contributed by atoms with E-state index >= 15 is 0 Å². The van der Waals surface area contributed by atoms with Crippen LogP contribution in [-0.2, 0) is 9.59 Å². The molecule has 5 nitrogen and oxygen atoms in total. The summed E-state index contributed by atoms with van der Waals surface area (Å²) in [6, 6.07) is -0.0276. The fourth-order valence-corrected chi connectivity index (χ4v) is 3.06. The lowest BCUT2D eigenvalue weighted by molar-refractivity contribution is -0.143. The number of carboxylic acid groups (broad SMARTS) is 1. The van der Waals surface area contributed by atoms with Gasteiger partial charge in [-0.15, -0.1) is 12.4 Å². The molecule has 2 aliphatic rings. The topological polar surface area (TPSA) is 60.9 Å². The normalized spacial score (nSPS) is 27.3. The molecule has 0 aromatic carbocycles. The van der Waals surface area contributed by atoms with Crippen LogP contribution in [0.1, 0.15) is 39.0 Å². The van der Waals surface area contributed by atoms with Crippen molar-refractivity contribution in [3.05, 3.63) is 0 Å². The zero-order valence-electron chi connectivity index (χ0n) is 11.4. The summed E-state index contributed by atoms with van der Waals surface area (Å²) in [4.78, 5) is 26.9. The zero-order valence-corrected chi connectivity index (χ0v) is 12.2. The molecule has 0 spiro atoms. The SMILES string of the molecule is CC1CCCN1C(=O)CCN1CCCC1C(=O)O.Cl. The predicted octanol–water partition coefficient (Wildman–Crippen LogP) is 1.36. The molecule has 110 valence electrons. The molecule has 0 aromatic heterocycles. The average Bonchev–Trinajstić information content (AvgIpc) is 2.94. The van der Waals surface area contributed by atoms with Crippen LogP contribution in [0, 0.1) is 0 Å². The highest BCUT2D eigenvalue weighted by Crippen LogP contribution is 2.20. The summed E-state index contributed by atoms with van der Waals surface area (Å²) < 4.78 is 0. The number of hydrogen-bond donors (Lipinski definition) is 1. The van der Waals surface area contributed by atoms with Crippen molar-refractivity contribution in [2.75, 3.05) is 19.6 Å². The highest BCUT2D eigenvalue weighted by atomic mass is 35.5. The molecular weight excluding hydrogens is 268 g/mol. The van der Waals surface area contributed by atoms with Gasteiger partial charge in [0, 0.05) is 25.6 Å². The highest BCUT2D eigenvalue weighted by molar-refractivity contribution is 5.85. The van der Waals surface area contributed by atoms with Crippen LogP contribution in [0.5, 0.6) is 0 Å². The quantitative estimate of drug-likeness (QED) is 0.849. The van der Waals surface area contributed by atoms with E-state index < -0.39 is 5.97 Å². The van der Waals surface area contributed by atoms with Crippen molar-refractivity contribution in [1.29, 1.82) is 0 Å². The van der Waals surface area contributed by atoms with Crippen LogP contribution in [0.3, 0.4) is 0 Å². The average molecular weight is 291 g/mol. The van der Waals surface area contributed by atoms with Gasteiger partial charge < -0.3 is 10.0 Å². The van der Waals surface area contributed by atoms with Crippen molar-refractivity contribution in [2.45, 2.75) is 51.1 Å². The van der Waals surface area contributed by atoms with Crippen LogP contribution in [0.4, 0.5) is 0 Å². The van der Waals surface area contributed by atoms with Crippen LogP contribution in [0.2, 0.25) is 0 Å². The van der Waals surface area contributed by atoms with Crippen LogP contribution in [0.25, 0.3) is 0 Å². The van der Waals surface area contributed by atoms with Gasteiger partial charge in [-0.3, -0.25) is 14.5 Å². The van der Waals surface area contributed by atoms with Gasteiger partial charge in [0.1, 0.15) is 6.04 Å². The van der Waals surface area contributed by atoms with Crippen molar-refractivity contribution >= 4 is 24.3 Å². The first-order valence-corrected chi connectivity index (χ1v) is 6.86. The minimum absolute atomic E-state index is 0. The molecule has 0 radical (unpaired) electrons. The van der Waals surface area contributed by atoms with Gasteiger partial charge in [-0.2, -0.15) is 0 Å². The van der Waals surface area contributed by atoms with Crippen LogP contribution < -0.4 is 0 Å². The van der Waals surface area contributed by atoms with E-state index in [1.165, 1.54) is 0 Å². The summed E-state index contributed by atoms with van der Waals surface area (Å²) in [6.07, 6.45) is 4.27. The summed E-state index contributed by atoms with van der Waals surface area (Å²) in [6.45, 7) is 4.34. The largest absolute Gasteiger partial charge is 0.480 e. The van der Waals surface area contributed by atoms with Gasteiger partial charge in [-0.05, 0) is 39.2 Å². The van der Waals surface area contributed by atoms with Gasteiger partial charge in [0.2, 0.25) is 5.91 Å². The first-order valence-electron chi connectivity index (χ1n) is 6.86. The number of carbonyl (C=O) groups excluding carboxylic acids is 1. The molecule has 6 heteroatoms. The van der Waals surface area contributed by atoms with Gasteiger partial charge in [0.05, 0.1) is 0 Å². The minimum Gasteiger partial charge on any atom is -0.480 e. The number of halogens is 1. The molecule has 2 saturated heterocycles. The van der Waals surface area contributed by atoms with E-state index in [0.717, 1.165) is 32.4 Å². The van der Waals surface area contributed by atoms with Crippen molar-refractivity contribution in [3.63, 3.8) is 0 Å². The Morgan fingerprint density at radius 1 is 1.21 bits per heavy atom. The van der Waals surface area contributed by atoms with E-state index in [-0.39, 0.29) is 24.4 Å².